The van der Waals surface area contributed by atoms with Crippen LogP contribution in [0.4, 0.5) is 0 Å². The van der Waals surface area contributed by atoms with Crippen molar-refractivity contribution in [1.29, 1.82) is 0 Å². The molecule has 0 atom stereocenters. The highest BCUT2D eigenvalue weighted by atomic mass is 16.1. The fourth-order valence-electron chi connectivity index (χ4n) is 2.43. The molecular formula is C13H17NO. The van der Waals surface area contributed by atoms with Gasteiger partial charge in [0.15, 0.2) is 5.78 Å². The van der Waals surface area contributed by atoms with E-state index in [0.29, 0.717) is 6.42 Å². The summed E-state index contributed by atoms with van der Waals surface area (Å²) in [6, 6.07) is 3.61. The van der Waals surface area contributed by atoms with Crippen LogP contribution in [0.3, 0.4) is 0 Å². The Hall–Kier alpha value is -1.18. The van der Waals surface area contributed by atoms with Crippen LogP contribution in [0.5, 0.6) is 0 Å². The van der Waals surface area contributed by atoms with Crippen LogP contribution >= 0.6 is 0 Å². The van der Waals surface area contributed by atoms with E-state index >= 15 is 0 Å². The summed E-state index contributed by atoms with van der Waals surface area (Å²) in [5.41, 5.74) is 1.05. The average Bonchev–Trinajstić information content (AvgIpc) is 2.66. The molecule has 1 saturated carbocycles. The first kappa shape index (κ1) is 10.3. The van der Waals surface area contributed by atoms with Gasteiger partial charge in [-0.05, 0) is 30.4 Å². The monoisotopic (exact) mass is 203 g/mol. The minimum atomic E-state index is 0.250. The van der Waals surface area contributed by atoms with Crippen LogP contribution in [0.15, 0.2) is 24.5 Å². The molecule has 2 rings (SSSR count). The smallest absolute Gasteiger partial charge is 0.163 e. The van der Waals surface area contributed by atoms with Crippen molar-refractivity contribution in [3.63, 3.8) is 0 Å². The number of hydrogen-bond acceptors (Lipinski definition) is 2. The fraction of sp³-hybridized carbons (Fsp3) is 0.538. The highest BCUT2D eigenvalue weighted by Crippen LogP contribution is 2.41. The largest absolute Gasteiger partial charge is 0.294 e. The standard InChI is InChI=1S/C13H17NO/c1-13(6-2-3-7-13)10-12(15)11-4-8-14-9-5-11/h4-5,8-9H,2-3,6-7,10H2,1H3. The van der Waals surface area contributed by atoms with Crippen molar-refractivity contribution in [2.75, 3.05) is 0 Å². The lowest BCUT2D eigenvalue weighted by Gasteiger charge is -2.22. The van der Waals surface area contributed by atoms with Crippen molar-refractivity contribution in [2.45, 2.75) is 39.0 Å². The number of rotatable bonds is 3. The summed E-state index contributed by atoms with van der Waals surface area (Å²) in [5, 5.41) is 0. The van der Waals surface area contributed by atoms with Gasteiger partial charge in [0, 0.05) is 24.4 Å². The van der Waals surface area contributed by atoms with E-state index in [1.165, 1.54) is 25.7 Å². The van der Waals surface area contributed by atoms with Gasteiger partial charge in [-0.25, -0.2) is 0 Å². The second kappa shape index (κ2) is 4.13. The third kappa shape index (κ3) is 2.44. The molecule has 2 nitrogen and oxygen atoms in total. The summed E-state index contributed by atoms with van der Waals surface area (Å²) in [7, 11) is 0. The molecule has 1 aliphatic rings. The van der Waals surface area contributed by atoms with E-state index in [-0.39, 0.29) is 11.2 Å². The summed E-state index contributed by atoms with van der Waals surface area (Å²) in [6.45, 7) is 2.24. The zero-order chi connectivity index (χ0) is 10.7. The number of carbonyl (C=O) groups excluding carboxylic acids is 1. The Morgan fingerprint density at radius 1 is 1.33 bits per heavy atom. The quantitative estimate of drug-likeness (QED) is 0.706. The van der Waals surface area contributed by atoms with Gasteiger partial charge in [-0.1, -0.05) is 19.8 Å². The lowest BCUT2D eigenvalue weighted by molar-refractivity contribution is 0.0924. The Labute approximate surface area is 90.7 Å². The van der Waals surface area contributed by atoms with Gasteiger partial charge < -0.3 is 0 Å². The minimum absolute atomic E-state index is 0.250. The molecule has 0 amide bonds. The van der Waals surface area contributed by atoms with Gasteiger partial charge >= 0.3 is 0 Å². The van der Waals surface area contributed by atoms with Crippen LogP contribution < -0.4 is 0 Å². The second-order valence-corrected chi connectivity index (χ2v) is 4.85. The Morgan fingerprint density at radius 2 is 1.93 bits per heavy atom. The molecule has 0 aliphatic heterocycles. The number of pyridine rings is 1. The molecule has 1 aromatic heterocycles. The van der Waals surface area contributed by atoms with Crippen molar-refractivity contribution in [3.05, 3.63) is 30.1 Å². The molecule has 15 heavy (non-hydrogen) atoms. The Bertz CT molecular complexity index is 339. The van der Waals surface area contributed by atoms with E-state index in [0.717, 1.165) is 5.56 Å². The first-order valence-corrected chi connectivity index (χ1v) is 5.63. The van der Waals surface area contributed by atoms with Crippen molar-refractivity contribution in [1.82, 2.24) is 4.98 Å². The topological polar surface area (TPSA) is 30.0 Å². The van der Waals surface area contributed by atoms with E-state index < -0.39 is 0 Å². The van der Waals surface area contributed by atoms with E-state index in [1.807, 2.05) is 0 Å². The summed E-state index contributed by atoms with van der Waals surface area (Å²) in [5.74, 6) is 0.266. The fourth-order valence-corrected chi connectivity index (χ4v) is 2.43. The zero-order valence-corrected chi connectivity index (χ0v) is 9.20. The molecule has 1 heterocycles. The van der Waals surface area contributed by atoms with Crippen LogP contribution in [-0.4, -0.2) is 10.8 Å². The van der Waals surface area contributed by atoms with Crippen LogP contribution in [0.25, 0.3) is 0 Å². The number of nitrogens with zero attached hydrogens (tertiary/aromatic N) is 1. The number of hydrogen-bond donors (Lipinski definition) is 0. The normalized spacial score (nSPS) is 19.0. The highest BCUT2D eigenvalue weighted by Gasteiger charge is 2.31. The molecular weight excluding hydrogens is 186 g/mol. The van der Waals surface area contributed by atoms with Gasteiger partial charge in [0.1, 0.15) is 0 Å². The SMILES string of the molecule is CC1(CC(=O)c2ccncc2)CCCC1. The third-order valence-corrected chi connectivity index (χ3v) is 3.40. The van der Waals surface area contributed by atoms with Crippen molar-refractivity contribution in [2.24, 2.45) is 5.41 Å². The van der Waals surface area contributed by atoms with Crippen LogP contribution in [0, 0.1) is 5.41 Å². The van der Waals surface area contributed by atoms with Gasteiger partial charge in [0.25, 0.3) is 0 Å². The molecule has 0 radical (unpaired) electrons. The molecule has 0 bridgehead atoms. The van der Waals surface area contributed by atoms with Gasteiger partial charge in [-0.3, -0.25) is 9.78 Å². The predicted molar refractivity (Wildman–Crippen MR) is 59.8 cm³/mol. The third-order valence-electron chi connectivity index (χ3n) is 3.40. The molecule has 0 unspecified atom stereocenters. The van der Waals surface area contributed by atoms with E-state index in [9.17, 15) is 4.79 Å². The van der Waals surface area contributed by atoms with Crippen molar-refractivity contribution < 1.29 is 4.79 Å². The number of carbonyl (C=O) groups is 1. The average molecular weight is 203 g/mol. The maximum atomic E-state index is 12.0. The van der Waals surface area contributed by atoms with Gasteiger partial charge in [-0.2, -0.15) is 0 Å². The molecule has 80 valence electrons. The summed E-state index contributed by atoms with van der Waals surface area (Å²) in [4.78, 5) is 15.9. The maximum Gasteiger partial charge on any atom is 0.163 e. The van der Waals surface area contributed by atoms with Gasteiger partial charge in [0.05, 0.1) is 0 Å². The molecule has 0 aromatic carbocycles. The van der Waals surface area contributed by atoms with Crippen LogP contribution in [0.1, 0.15) is 49.4 Å². The van der Waals surface area contributed by atoms with Gasteiger partial charge in [-0.15, -0.1) is 0 Å². The number of aromatic nitrogens is 1. The predicted octanol–water partition coefficient (Wildman–Crippen LogP) is 3.23. The second-order valence-electron chi connectivity index (χ2n) is 4.85. The first-order chi connectivity index (χ1) is 7.20. The Kier molecular flexibility index (Phi) is 2.85. The lowest BCUT2D eigenvalue weighted by atomic mass is 9.82. The van der Waals surface area contributed by atoms with E-state index in [1.54, 1.807) is 24.5 Å². The summed E-state index contributed by atoms with van der Waals surface area (Å²) >= 11 is 0. The first-order valence-electron chi connectivity index (χ1n) is 5.63. The zero-order valence-electron chi connectivity index (χ0n) is 9.20. The van der Waals surface area contributed by atoms with Crippen molar-refractivity contribution in [3.8, 4) is 0 Å². The van der Waals surface area contributed by atoms with E-state index in [2.05, 4.69) is 11.9 Å². The Morgan fingerprint density at radius 3 is 2.53 bits per heavy atom. The molecule has 2 heteroatoms. The highest BCUT2D eigenvalue weighted by molar-refractivity contribution is 5.96. The summed E-state index contributed by atoms with van der Waals surface area (Å²) in [6.07, 6.45) is 9.01. The van der Waals surface area contributed by atoms with Crippen molar-refractivity contribution >= 4 is 5.78 Å². The minimum Gasteiger partial charge on any atom is -0.294 e. The van der Waals surface area contributed by atoms with Crippen LogP contribution in [0.2, 0.25) is 0 Å². The lowest BCUT2D eigenvalue weighted by Crippen LogP contribution is -2.17. The molecule has 0 saturated heterocycles. The number of ketones is 1. The van der Waals surface area contributed by atoms with Crippen LogP contribution in [-0.2, 0) is 0 Å². The molecule has 1 fully saturated rings. The number of Topliss-reactive ketones (excluding diaryl/α,β-unsaturated/α-hetero) is 1. The van der Waals surface area contributed by atoms with Gasteiger partial charge in [0.2, 0.25) is 0 Å². The molecule has 0 N–H and O–H groups in total. The summed E-state index contributed by atoms with van der Waals surface area (Å²) < 4.78 is 0. The maximum absolute atomic E-state index is 12.0. The molecule has 0 spiro atoms. The Balaban J connectivity index is 2.04. The van der Waals surface area contributed by atoms with E-state index in [4.69, 9.17) is 0 Å². The molecule has 1 aromatic rings. The molecule has 1 aliphatic carbocycles.